The Bertz CT molecular complexity index is 726. The van der Waals surface area contributed by atoms with Crippen molar-refractivity contribution in [2.24, 2.45) is 5.41 Å². The summed E-state index contributed by atoms with van der Waals surface area (Å²) in [5.41, 5.74) is -1.08. The molecule has 20 heavy (non-hydrogen) atoms. The SMILES string of the molecule is CC1(C)[C@H]2CC[C@@]1(C(=O)[O-])c1nc(C#N)c(C#N)nc12. The quantitative estimate of drug-likeness (QED) is 0.714. The molecule has 0 saturated heterocycles. The maximum absolute atomic E-state index is 11.8. The molecule has 0 N–H and O–H groups in total. The zero-order valence-corrected chi connectivity index (χ0v) is 11.1. The van der Waals surface area contributed by atoms with Crippen molar-refractivity contribution in [2.75, 3.05) is 0 Å². The Labute approximate surface area is 115 Å². The summed E-state index contributed by atoms with van der Waals surface area (Å²) in [5, 5.41) is 29.8. The lowest BCUT2D eigenvalue weighted by molar-refractivity contribution is -0.317. The predicted molar refractivity (Wildman–Crippen MR) is 63.9 cm³/mol. The van der Waals surface area contributed by atoms with E-state index < -0.39 is 16.8 Å². The van der Waals surface area contributed by atoms with Crippen LogP contribution < -0.4 is 5.11 Å². The average Bonchev–Trinajstić information content (AvgIpc) is 2.80. The first-order chi connectivity index (χ1) is 9.40. The second kappa shape index (κ2) is 3.55. The first kappa shape index (κ1) is 12.6. The second-order valence-electron chi connectivity index (χ2n) is 5.88. The summed E-state index contributed by atoms with van der Waals surface area (Å²) in [6.45, 7) is 3.73. The van der Waals surface area contributed by atoms with Crippen molar-refractivity contribution in [3.05, 3.63) is 22.8 Å². The van der Waals surface area contributed by atoms with Crippen molar-refractivity contribution in [1.29, 1.82) is 10.5 Å². The Kier molecular flexibility index (Phi) is 2.23. The van der Waals surface area contributed by atoms with Gasteiger partial charge in [-0.25, -0.2) is 9.97 Å². The highest BCUT2D eigenvalue weighted by Gasteiger charge is 2.65. The fourth-order valence-corrected chi connectivity index (χ4v) is 3.87. The minimum absolute atomic E-state index is 0.0388. The largest absolute Gasteiger partial charge is 0.549 e. The van der Waals surface area contributed by atoms with Gasteiger partial charge in [0.05, 0.1) is 22.8 Å². The average molecular weight is 267 g/mol. The van der Waals surface area contributed by atoms with E-state index in [-0.39, 0.29) is 17.3 Å². The fourth-order valence-electron chi connectivity index (χ4n) is 3.87. The van der Waals surface area contributed by atoms with Gasteiger partial charge < -0.3 is 9.90 Å². The van der Waals surface area contributed by atoms with E-state index in [2.05, 4.69) is 9.97 Å². The van der Waals surface area contributed by atoms with Crippen molar-refractivity contribution in [3.8, 4) is 12.1 Å². The molecule has 1 saturated carbocycles. The van der Waals surface area contributed by atoms with Gasteiger partial charge in [0.1, 0.15) is 12.1 Å². The van der Waals surface area contributed by atoms with E-state index in [1.807, 2.05) is 26.0 Å². The van der Waals surface area contributed by atoms with Gasteiger partial charge in [0.2, 0.25) is 0 Å². The standard InChI is InChI=1S/C14H12N4O2/c1-13(2)7-3-4-14(13,12(19)20)11-10(7)17-8(5-15)9(6-16)18-11/h7H,3-4H2,1-2H3,(H,19,20)/p-1/t7-,14-/m0/s1. The number of hydrogen-bond acceptors (Lipinski definition) is 6. The van der Waals surface area contributed by atoms with Crippen molar-refractivity contribution in [3.63, 3.8) is 0 Å². The van der Waals surface area contributed by atoms with Gasteiger partial charge in [-0.15, -0.1) is 0 Å². The van der Waals surface area contributed by atoms with Crippen LogP contribution in [0, 0.1) is 28.1 Å². The Morgan fingerprint density at radius 3 is 2.45 bits per heavy atom. The molecule has 2 aliphatic rings. The van der Waals surface area contributed by atoms with Gasteiger partial charge in [-0.1, -0.05) is 13.8 Å². The molecule has 0 spiro atoms. The first-order valence-electron chi connectivity index (χ1n) is 6.34. The van der Waals surface area contributed by atoms with Crippen LogP contribution >= 0.6 is 0 Å². The number of nitrogens with zero attached hydrogens (tertiary/aromatic N) is 4. The third-order valence-corrected chi connectivity index (χ3v) is 5.00. The summed E-state index contributed by atoms with van der Waals surface area (Å²) >= 11 is 0. The molecular weight excluding hydrogens is 256 g/mol. The van der Waals surface area contributed by atoms with Crippen molar-refractivity contribution in [2.45, 2.75) is 38.0 Å². The molecule has 1 aromatic heterocycles. The lowest BCUT2D eigenvalue weighted by atomic mass is 9.68. The smallest absolute Gasteiger partial charge is 0.177 e. The lowest BCUT2D eigenvalue weighted by Gasteiger charge is -2.38. The van der Waals surface area contributed by atoms with E-state index in [1.54, 1.807) is 0 Å². The highest BCUT2D eigenvalue weighted by atomic mass is 16.4. The Balaban J connectivity index is 2.37. The summed E-state index contributed by atoms with van der Waals surface area (Å²) in [6, 6.07) is 3.66. The van der Waals surface area contributed by atoms with Crippen LogP contribution in [0.3, 0.4) is 0 Å². The van der Waals surface area contributed by atoms with Crippen LogP contribution in [0.2, 0.25) is 0 Å². The van der Waals surface area contributed by atoms with Gasteiger partial charge in [0.15, 0.2) is 11.4 Å². The summed E-state index contributed by atoms with van der Waals surface area (Å²) in [4.78, 5) is 20.1. The predicted octanol–water partition coefficient (Wildman–Crippen LogP) is 0.125. The molecule has 0 aliphatic heterocycles. The number of carboxylic acid groups (broad SMARTS) is 1. The van der Waals surface area contributed by atoms with E-state index in [0.717, 1.165) is 0 Å². The zero-order chi connectivity index (χ0) is 14.7. The molecule has 0 unspecified atom stereocenters. The summed E-state index contributed by atoms with van der Waals surface area (Å²) in [6.07, 6.45) is 1.12. The Hall–Kier alpha value is -2.47. The molecule has 2 atom stereocenters. The molecule has 0 aromatic carbocycles. The minimum atomic E-state index is -1.21. The number of hydrogen-bond donors (Lipinski definition) is 0. The molecule has 2 aliphatic carbocycles. The number of carbonyl (C=O) groups excluding carboxylic acids is 1. The molecule has 0 amide bonds. The Morgan fingerprint density at radius 2 is 1.90 bits per heavy atom. The highest BCUT2D eigenvalue weighted by molar-refractivity contribution is 5.83. The first-order valence-corrected chi connectivity index (χ1v) is 6.34. The molecule has 3 rings (SSSR count). The molecule has 1 heterocycles. The van der Waals surface area contributed by atoms with Crippen molar-refractivity contribution >= 4 is 5.97 Å². The number of fused-ring (bicyclic) bond motifs is 5. The van der Waals surface area contributed by atoms with Crippen LogP contribution in [-0.2, 0) is 10.2 Å². The van der Waals surface area contributed by atoms with Gasteiger partial charge in [-0.2, -0.15) is 10.5 Å². The highest BCUT2D eigenvalue weighted by Crippen LogP contribution is 2.66. The van der Waals surface area contributed by atoms with Gasteiger partial charge >= 0.3 is 0 Å². The topological polar surface area (TPSA) is 113 Å². The maximum atomic E-state index is 11.8. The molecule has 6 heteroatoms. The molecule has 100 valence electrons. The minimum Gasteiger partial charge on any atom is -0.549 e. The van der Waals surface area contributed by atoms with E-state index >= 15 is 0 Å². The monoisotopic (exact) mass is 267 g/mol. The van der Waals surface area contributed by atoms with Crippen LogP contribution in [0.1, 0.15) is 55.4 Å². The summed E-state index contributed by atoms with van der Waals surface area (Å²) < 4.78 is 0. The van der Waals surface area contributed by atoms with Crippen molar-refractivity contribution in [1.82, 2.24) is 9.97 Å². The van der Waals surface area contributed by atoms with Crippen LogP contribution in [0.4, 0.5) is 0 Å². The molecule has 0 radical (unpaired) electrons. The molecule has 2 bridgehead atoms. The molecule has 1 aromatic rings. The Morgan fingerprint density at radius 1 is 1.30 bits per heavy atom. The van der Waals surface area contributed by atoms with Crippen LogP contribution in [0.15, 0.2) is 0 Å². The third-order valence-electron chi connectivity index (χ3n) is 5.00. The van der Waals surface area contributed by atoms with Gasteiger partial charge in [-0.3, -0.25) is 0 Å². The number of carbonyl (C=O) groups is 1. The lowest BCUT2D eigenvalue weighted by Crippen LogP contribution is -2.51. The number of aliphatic carboxylic acids is 1. The molecular formula is C14H11N4O2-. The molecule has 6 nitrogen and oxygen atoms in total. The zero-order valence-electron chi connectivity index (χ0n) is 11.1. The molecule has 1 fully saturated rings. The number of nitriles is 2. The van der Waals surface area contributed by atoms with Gasteiger partial charge in [-0.05, 0) is 18.3 Å². The maximum Gasteiger partial charge on any atom is 0.177 e. The van der Waals surface area contributed by atoms with Gasteiger partial charge in [0, 0.05) is 5.92 Å². The van der Waals surface area contributed by atoms with Crippen LogP contribution in [-0.4, -0.2) is 15.9 Å². The van der Waals surface area contributed by atoms with Gasteiger partial charge in [0.25, 0.3) is 0 Å². The van der Waals surface area contributed by atoms with Crippen molar-refractivity contribution < 1.29 is 9.90 Å². The summed E-state index contributed by atoms with van der Waals surface area (Å²) in [7, 11) is 0. The van der Waals surface area contributed by atoms with E-state index in [0.29, 0.717) is 24.2 Å². The third kappa shape index (κ3) is 1.10. The van der Waals surface area contributed by atoms with Crippen LogP contribution in [0.5, 0.6) is 0 Å². The number of rotatable bonds is 1. The number of aromatic nitrogens is 2. The summed E-state index contributed by atoms with van der Waals surface area (Å²) in [5.74, 6) is -1.24. The normalized spacial score (nSPS) is 28.5. The van der Waals surface area contributed by atoms with E-state index in [4.69, 9.17) is 10.5 Å². The van der Waals surface area contributed by atoms with Crippen LogP contribution in [0.25, 0.3) is 0 Å². The van der Waals surface area contributed by atoms with E-state index in [1.165, 1.54) is 0 Å². The number of carboxylic acids is 1. The van der Waals surface area contributed by atoms with E-state index in [9.17, 15) is 9.90 Å². The second-order valence-corrected chi connectivity index (χ2v) is 5.88. The fraction of sp³-hybridized carbons (Fsp3) is 0.500.